The van der Waals surface area contributed by atoms with E-state index in [0.717, 1.165) is 36.7 Å². The molecule has 10 heteroatoms. The fraction of sp³-hybridized carbons (Fsp3) is 0. The van der Waals surface area contributed by atoms with Crippen LogP contribution in [-0.4, -0.2) is 24.2 Å². The maximum Gasteiger partial charge on any atom is 0.271 e. The lowest BCUT2D eigenvalue weighted by atomic mass is 10.2. The number of carbonyl (C=O) groups excluding carboxylic acids is 2. The quantitative estimate of drug-likeness (QED) is 0.201. The SMILES string of the molecule is O=C(N/N=C/c1ccc(F)cc1F)c1ccccc1.O=C(N/N=C/c1ccc(F)cc1F)c1ccccc1. The second kappa shape index (κ2) is 13.8. The predicted molar refractivity (Wildman–Crippen MR) is 136 cm³/mol. The molecule has 2 amide bonds. The number of benzene rings is 4. The molecule has 0 aromatic heterocycles. The molecule has 0 aliphatic heterocycles. The first-order valence-electron chi connectivity index (χ1n) is 11.0. The Morgan fingerprint density at radius 3 is 1.26 bits per heavy atom. The molecule has 0 bridgehead atoms. The van der Waals surface area contributed by atoms with Gasteiger partial charge in [0.1, 0.15) is 23.3 Å². The zero-order valence-corrected chi connectivity index (χ0v) is 19.6. The molecule has 0 atom stereocenters. The van der Waals surface area contributed by atoms with E-state index in [4.69, 9.17) is 0 Å². The Bertz CT molecular complexity index is 1340. The zero-order valence-electron chi connectivity index (χ0n) is 19.6. The molecule has 0 heterocycles. The van der Waals surface area contributed by atoms with Gasteiger partial charge in [0.05, 0.1) is 12.4 Å². The van der Waals surface area contributed by atoms with Gasteiger partial charge in [-0.1, -0.05) is 36.4 Å². The molecule has 4 rings (SSSR count). The van der Waals surface area contributed by atoms with E-state index in [9.17, 15) is 27.2 Å². The number of hydrogen-bond donors (Lipinski definition) is 2. The lowest BCUT2D eigenvalue weighted by Crippen LogP contribution is -2.17. The molecule has 0 saturated carbocycles. The summed E-state index contributed by atoms with van der Waals surface area (Å²) >= 11 is 0. The van der Waals surface area contributed by atoms with Crippen molar-refractivity contribution in [3.8, 4) is 0 Å². The number of amides is 2. The fourth-order valence-electron chi connectivity index (χ4n) is 2.84. The van der Waals surface area contributed by atoms with E-state index in [1.165, 1.54) is 12.1 Å². The van der Waals surface area contributed by atoms with E-state index in [1.54, 1.807) is 60.7 Å². The molecular formula is C28H20F4N4O2. The largest absolute Gasteiger partial charge is 0.271 e. The van der Waals surface area contributed by atoms with Gasteiger partial charge in [-0.25, -0.2) is 28.4 Å². The van der Waals surface area contributed by atoms with Crippen LogP contribution in [0.1, 0.15) is 31.8 Å². The smallest absolute Gasteiger partial charge is 0.267 e. The van der Waals surface area contributed by atoms with Crippen molar-refractivity contribution in [1.82, 2.24) is 10.9 Å². The van der Waals surface area contributed by atoms with Gasteiger partial charge in [0.25, 0.3) is 11.8 Å². The van der Waals surface area contributed by atoms with Crippen LogP contribution in [0.3, 0.4) is 0 Å². The van der Waals surface area contributed by atoms with Crippen molar-refractivity contribution in [2.75, 3.05) is 0 Å². The third-order valence-electron chi connectivity index (χ3n) is 4.74. The number of hydrazone groups is 2. The Kier molecular flexibility index (Phi) is 10.00. The van der Waals surface area contributed by atoms with E-state index < -0.39 is 35.1 Å². The minimum atomic E-state index is -0.738. The van der Waals surface area contributed by atoms with Crippen LogP contribution in [-0.2, 0) is 0 Å². The number of rotatable bonds is 6. The van der Waals surface area contributed by atoms with Gasteiger partial charge < -0.3 is 0 Å². The predicted octanol–water partition coefficient (Wildman–Crippen LogP) is 5.46. The van der Waals surface area contributed by atoms with Gasteiger partial charge in [0, 0.05) is 34.4 Å². The van der Waals surface area contributed by atoms with Crippen LogP contribution < -0.4 is 10.9 Å². The summed E-state index contributed by atoms with van der Waals surface area (Å²) in [4.78, 5) is 23.2. The fourth-order valence-corrected chi connectivity index (χ4v) is 2.84. The standard InChI is InChI=1S/2C14H10F2N2O/c2*15-12-7-6-11(13(16)8-12)9-17-18-14(19)10-4-2-1-3-5-10/h2*1-9H,(H,18,19)/b2*17-9+. The molecule has 0 fully saturated rings. The Labute approximate surface area is 215 Å². The second-order valence-electron chi connectivity index (χ2n) is 7.46. The van der Waals surface area contributed by atoms with Crippen LogP contribution in [0.4, 0.5) is 17.6 Å². The molecule has 4 aromatic carbocycles. The van der Waals surface area contributed by atoms with Crippen molar-refractivity contribution >= 4 is 24.2 Å². The molecule has 0 saturated heterocycles. The minimum Gasteiger partial charge on any atom is -0.267 e. The van der Waals surface area contributed by atoms with E-state index in [1.807, 2.05) is 0 Å². The summed E-state index contributed by atoms with van der Waals surface area (Å²) in [5, 5.41) is 7.24. The Morgan fingerprint density at radius 2 is 0.921 bits per heavy atom. The number of nitrogens with zero attached hydrogens (tertiary/aromatic N) is 2. The number of hydrogen-bond acceptors (Lipinski definition) is 4. The van der Waals surface area contributed by atoms with Crippen molar-refractivity contribution in [3.63, 3.8) is 0 Å². The zero-order chi connectivity index (χ0) is 27.3. The first-order valence-corrected chi connectivity index (χ1v) is 11.0. The minimum absolute atomic E-state index is 0.0924. The summed E-state index contributed by atoms with van der Waals surface area (Å²) in [5.74, 6) is -3.61. The second-order valence-corrected chi connectivity index (χ2v) is 7.46. The van der Waals surface area contributed by atoms with Gasteiger partial charge >= 0.3 is 0 Å². The summed E-state index contributed by atoms with van der Waals surface area (Å²) in [6, 6.07) is 23.2. The van der Waals surface area contributed by atoms with Gasteiger partial charge in [-0.2, -0.15) is 10.2 Å². The Hall–Kier alpha value is -5.12. The summed E-state index contributed by atoms with van der Waals surface area (Å²) in [6.45, 7) is 0. The lowest BCUT2D eigenvalue weighted by Gasteiger charge is -1.99. The summed E-state index contributed by atoms with van der Waals surface area (Å²) < 4.78 is 51.8. The van der Waals surface area contributed by atoms with E-state index >= 15 is 0 Å². The molecular weight excluding hydrogens is 500 g/mol. The highest BCUT2D eigenvalue weighted by atomic mass is 19.1. The normalized spacial score (nSPS) is 10.6. The highest BCUT2D eigenvalue weighted by Crippen LogP contribution is 2.08. The molecule has 38 heavy (non-hydrogen) atoms. The van der Waals surface area contributed by atoms with Crippen LogP contribution in [0, 0.1) is 23.3 Å². The Balaban J connectivity index is 0.000000211. The van der Waals surface area contributed by atoms with Crippen LogP contribution in [0.25, 0.3) is 0 Å². The molecule has 4 aromatic rings. The van der Waals surface area contributed by atoms with Gasteiger partial charge in [0.2, 0.25) is 0 Å². The monoisotopic (exact) mass is 520 g/mol. The average molecular weight is 520 g/mol. The van der Waals surface area contributed by atoms with Crippen molar-refractivity contribution in [2.45, 2.75) is 0 Å². The topological polar surface area (TPSA) is 82.9 Å². The van der Waals surface area contributed by atoms with E-state index in [-0.39, 0.29) is 11.1 Å². The number of nitrogens with one attached hydrogen (secondary N) is 2. The average Bonchev–Trinajstić information content (AvgIpc) is 2.92. The number of carbonyl (C=O) groups is 2. The van der Waals surface area contributed by atoms with Gasteiger partial charge in [-0.15, -0.1) is 0 Å². The first-order chi connectivity index (χ1) is 18.3. The maximum atomic E-state index is 13.3. The third-order valence-corrected chi connectivity index (χ3v) is 4.74. The maximum absolute atomic E-state index is 13.3. The van der Waals surface area contributed by atoms with Gasteiger partial charge in [0.15, 0.2) is 0 Å². The summed E-state index contributed by atoms with van der Waals surface area (Å²) in [6.07, 6.45) is 2.24. The molecule has 2 N–H and O–H groups in total. The van der Waals surface area contributed by atoms with Crippen molar-refractivity contribution in [1.29, 1.82) is 0 Å². The summed E-state index contributed by atoms with van der Waals surface area (Å²) in [7, 11) is 0. The van der Waals surface area contributed by atoms with E-state index in [2.05, 4.69) is 21.1 Å². The molecule has 0 aliphatic carbocycles. The van der Waals surface area contributed by atoms with Crippen molar-refractivity contribution in [2.24, 2.45) is 10.2 Å². The number of halogens is 4. The van der Waals surface area contributed by atoms with E-state index in [0.29, 0.717) is 11.1 Å². The molecule has 0 spiro atoms. The Morgan fingerprint density at radius 1 is 0.553 bits per heavy atom. The van der Waals surface area contributed by atoms with Crippen LogP contribution in [0.15, 0.2) is 107 Å². The van der Waals surface area contributed by atoms with Crippen LogP contribution in [0.2, 0.25) is 0 Å². The van der Waals surface area contributed by atoms with Crippen LogP contribution in [0.5, 0.6) is 0 Å². The van der Waals surface area contributed by atoms with Gasteiger partial charge in [-0.3, -0.25) is 9.59 Å². The third kappa shape index (κ3) is 8.52. The molecule has 192 valence electrons. The molecule has 0 aliphatic rings. The highest BCUT2D eigenvalue weighted by molar-refractivity contribution is 5.95. The molecule has 6 nitrogen and oxygen atoms in total. The van der Waals surface area contributed by atoms with Crippen molar-refractivity contribution in [3.05, 3.63) is 143 Å². The lowest BCUT2D eigenvalue weighted by molar-refractivity contribution is 0.0947. The first kappa shape index (κ1) is 27.5. The van der Waals surface area contributed by atoms with Crippen LogP contribution >= 0.6 is 0 Å². The van der Waals surface area contributed by atoms with Crippen molar-refractivity contribution < 1.29 is 27.2 Å². The highest BCUT2D eigenvalue weighted by Gasteiger charge is 2.05. The molecule has 0 unspecified atom stereocenters. The van der Waals surface area contributed by atoms with Gasteiger partial charge in [-0.05, 0) is 48.5 Å². The summed E-state index contributed by atoms with van der Waals surface area (Å²) in [5.41, 5.74) is 5.59. The molecule has 0 radical (unpaired) electrons.